The van der Waals surface area contributed by atoms with Crippen LogP contribution in [-0.2, 0) is 0 Å². The van der Waals surface area contributed by atoms with Gasteiger partial charge in [0.25, 0.3) is 0 Å². The van der Waals surface area contributed by atoms with Gasteiger partial charge in [0.1, 0.15) is 107 Å². The number of hydrogen-bond donors (Lipinski definition) is 0. The zero-order valence-corrected chi connectivity index (χ0v) is 35.9. The smallest absolute Gasteiger partial charge is 0.143 e. The summed E-state index contributed by atoms with van der Waals surface area (Å²) in [5.41, 5.74) is 10.3. The summed E-state index contributed by atoms with van der Waals surface area (Å²) in [6.07, 6.45) is 1.79. The van der Waals surface area contributed by atoms with Gasteiger partial charge in [-0.3, -0.25) is 0 Å². The Balaban J connectivity index is 0.765. The Hall–Kier alpha value is -4.07. The number of nitrogens with zero attached hydrogens (tertiary/aromatic N) is 11. The highest BCUT2D eigenvalue weighted by Gasteiger charge is 2.20. The fraction of sp³-hybridized carbons (Fsp3) is 0. The molecule has 0 aliphatic rings. The van der Waals surface area contributed by atoms with Crippen LogP contribution in [0.5, 0.6) is 0 Å². The van der Waals surface area contributed by atoms with Crippen molar-refractivity contribution < 1.29 is 0 Å². The summed E-state index contributed by atoms with van der Waals surface area (Å²) >= 11 is 17.2. The lowest BCUT2D eigenvalue weighted by molar-refractivity contribution is 1.28. The molecule has 0 aliphatic heterocycles. The quantitative estimate of drug-likeness (QED) is 0.129. The molecular weight excluding hydrogens is 903 g/mol. The van der Waals surface area contributed by atoms with Crippen LogP contribution in [-0.4, -0.2) is 54.8 Å². The first-order valence-corrected chi connectivity index (χ1v) is 25.3. The molecule has 11 aromatic heterocycles. The average molecular weight is 916 g/mol. The normalized spacial score (nSPS) is 11.6. The predicted molar refractivity (Wildman–Crippen MR) is 233 cm³/mol. The molecule has 0 aromatic carbocycles. The van der Waals surface area contributed by atoms with Crippen molar-refractivity contribution in [1.29, 1.82) is 0 Å². The number of hydrogen-bond acceptors (Lipinski definition) is 22. The van der Waals surface area contributed by atoms with Crippen molar-refractivity contribution >= 4 is 125 Å². The summed E-state index contributed by atoms with van der Waals surface area (Å²) < 4.78 is 0. The second-order valence-electron chi connectivity index (χ2n) is 11.1. The summed E-state index contributed by atoms with van der Waals surface area (Å²) in [6.45, 7) is 0. The van der Waals surface area contributed by atoms with E-state index in [1.165, 1.54) is 0 Å². The Labute approximate surface area is 353 Å². The highest BCUT2D eigenvalue weighted by Crippen LogP contribution is 2.39. The van der Waals surface area contributed by atoms with Gasteiger partial charge in [-0.05, 0) is 0 Å². The van der Waals surface area contributed by atoms with Crippen LogP contribution in [0.15, 0.2) is 70.9 Å². The Bertz CT molecular complexity index is 2830. The maximum absolute atomic E-state index is 4.91. The molecule has 0 amide bonds. The molecule has 0 spiro atoms. The van der Waals surface area contributed by atoms with Gasteiger partial charge in [-0.25, -0.2) is 54.8 Å². The Kier molecular flexibility index (Phi) is 8.99. The van der Waals surface area contributed by atoms with Crippen LogP contribution >= 0.6 is 125 Å². The molecule has 0 saturated heterocycles. The second kappa shape index (κ2) is 14.5. The standard InChI is InChI=1S/C33H13N11S11/c1-2-46-24(34-1)15-4-48-26(36-15)17-6-50-28(38-17)19-8-52-30(40-19)21-10-54-32(42-21)23-12-55-33(44-23)22-11-53-31(43-22)20-9-51-29(41-20)18-7-49-27(39-18)16-5-47-25(37-16)14-3-45-13-35-14/h1-13H. The highest BCUT2D eigenvalue weighted by molar-refractivity contribution is 7.19. The predicted octanol–water partition coefficient (Wildman–Crippen LogP) is 12.4. The lowest BCUT2D eigenvalue weighted by atomic mass is 10.4. The van der Waals surface area contributed by atoms with Crippen molar-refractivity contribution in [3.63, 3.8) is 0 Å². The molecule has 0 fully saturated rings. The molecule has 11 heterocycles. The first kappa shape index (κ1) is 34.2. The maximum Gasteiger partial charge on any atom is 0.143 e. The van der Waals surface area contributed by atoms with E-state index in [1.807, 2.05) is 64.7 Å². The van der Waals surface area contributed by atoms with Crippen LogP contribution in [0.25, 0.3) is 107 Å². The van der Waals surface area contributed by atoms with E-state index in [2.05, 4.69) is 9.97 Å². The first-order valence-electron chi connectivity index (χ1n) is 15.6. The second-order valence-corrected chi connectivity index (χ2v) is 20.4. The van der Waals surface area contributed by atoms with E-state index < -0.39 is 0 Å². The Morgan fingerprint density at radius 1 is 0.255 bits per heavy atom. The van der Waals surface area contributed by atoms with Gasteiger partial charge in [0.15, 0.2) is 0 Å². The van der Waals surface area contributed by atoms with Crippen LogP contribution in [0.1, 0.15) is 0 Å². The molecule has 22 heteroatoms. The zero-order chi connectivity index (χ0) is 36.3. The lowest BCUT2D eigenvalue weighted by Gasteiger charge is -1.91. The molecule has 0 N–H and O–H groups in total. The third kappa shape index (κ3) is 6.69. The molecule has 11 aromatic rings. The average Bonchev–Trinajstić information content (AvgIpc) is 4.08. The van der Waals surface area contributed by atoms with Crippen molar-refractivity contribution in [2.75, 3.05) is 0 Å². The molecule has 55 heavy (non-hydrogen) atoms. The first-order chi connectivity index (χ1) is 27.2. The minimum absolute atomic E-state index is 0.821. The summed E-state index contributed by atoms with van der Waals surface area (Å²) in [7, 11) is 0. The lowest BCUT2D eigenvalue weighted by Crippen LogP contribution is -1.83. The Morgan fingerprint density at radius 3 is 0.764 bits per heavy atom. The van der Waals surface area contributed by atoms with Crippen LogP contribution in [0.4, 0.5) is 0 Å². The third-order valence-electron chi connectivity index (χ3n) is 7.59. The summed E-state index contributed by atoms with van der Waals surface area (Å²) in [5.74, 6) is 0. The SMILES string of the molecule is c1csc(-c2csc(-c3csc(-c4csc(-c5csc(-c6csc(-c7csc(-c8csc(-c9csc(-c%10csc(-c%11cscn%11)n%10)n9)n8)n7)n6)n5)n4)n3)n2)n1. The van der Waals surface area contributed by atoms with Crippen molar-refractivity contribution in [1.82, 2.24) is 54.8 Å². The van der Waals surface area contributed by atoms with Gasteiger partial charge in [0.05, 0.1) is 5.51 Å². The van der Waals surface area contributed by atoms with Gasteiger partial charge in [0, 0.05) is 65.4 Å². The van der Waals surface area contributed by atoms with Gasteiger partial charge in [-0.2, -0.15) is 0 Å². The van der Waals surface area contributed by atoms with Crippen molar-refractivity contribution in [2.24, 2.45) is 0 Å². The van der Waals surface area contributed by atoms with E-state index in [4.69, 9.17) is 44.9 Å². The van der Waals surface area contributed by atoms with E-state index in [9.17, 15) is 0 Å². The molecule has 0 atom stereocenters. The molecule has 266 valence electrons. The molecule has 11 rings (SSSR count). The third-order valence-corrected chi connectivity index (χ3v) is 16.8. The van der Waals surface area contributed by atoms with Crippen LogP contribution in [0.3, 0.4) is 0 Å². The van der Waals surface area contributed by atoms with Gasteiger partial charge in [-0.1, -0.05) is 0 Å². The zero-order valence-electron chi connectivity index (χ0n) is 26.9. The minimum Gasteiger partial charge on any atom is -0.243 e. The molecule has 0 saturated carbocycles. The van der Waals surface area contributed by atoms with Crippen LogP contribution in [0, 0.1) is 0 Å². The van der Waals surface area contributed by atoms with Gasteiger partial charge in [0.2, 0.25) is 0 Å². The number of aromatic nitrogens is 11. The van der Waals surface area contributed by atoms with Crippen LogP contribution in [0.2, 0.25) is 0 Å². The topological polar surface area (TPSA) is 142 Å². The fourth-order valence-electron chi connectivity index (χ4n) is 5.07. The van der Waals surface area contributed by atoms with E-state index in [0.717, 1.165) is 107 Å². The molecular formula is C33H13N11S11. The summed E-state index contributed by atoms with van der Waals surface area (Å²) in [4.78, 5) is 52.4. The van der Waals surface area contributed by atoms with E-state index in [-0.39, 0.29) is 0 Å². The minimum atomic E-state index is 0.821. The fourth-order valence-corrected chi connectivity index (χ4v) is 13.8. The monoisotopic (exact) mass is 915 g/mol. The highest BCUT2D eigenvalue weighted by atomic mass is 32.1. The number of thiazole rings is 11. The molecule has 0 radical (unpaired) electrons. The summed E-state index contributed by atoms with van der Waals surface area (Å²) in [5, 5.41) is 30.8. The molecule has 0 bridgehead atoms. The maximum atomic E-state index is 4.91. The van der Waals surface area contributed by atoms with Crippen molar-refractivity contribution in [2.45, 2.75) is 0 Å². The van der Waals surface area contributed by atoms with E-state index >= 15 is 0 Å². The van der Waals surface area contributed by atoms with E-state index in [1.54, 1.807) is 131 Å². The summed E-state index contributed by atoms with van der Waals surface area (Å²) in [6, 6.07) is 0. The molecule has 11 nitrogen and oxygen atoms in total. The van der Waals surface area contributed by atoms with E-state index in [0.29, 0.717) is 0 Å². The Morgan fingerprint density at radius 2 is 0.527 bits per heavy atom. The van der Waals surface area contributed by atoms with Gasteiger partial charge < -0.3 is 0 Å². The van der Waals surface area contributed by atoms with Gasteiger partial charge in [-0.15, -0.1) is 125 Å². The number of rotatable bonds is 10. The molecule has 0 unspecified atom stereocenters. The van der Waals surface area contributed by atoms with Gasteiger partial charge >= 0.3 is 0 Å². The van der Waals surface area contributed by atoms with Crippen LogP contribution < -0.4 is 0 Å². The van der Waals surface area contributed by atoms with Crippen molar-refractivity contribution in [3.8, 4) is 107 Å². The largest absolute Gasteiger partial charge is 0.243 e. The van der Waals surface area contributed by atoms with Crippen molar-refractivity contribution in [3.05, 3.63) is 70.9 Å². The molecule has 0 aliphatic carbocycles.